The van der Waals surface area contributed by atoms with Crippen LogP contribution in [-0.4, -0.2) is 31.9 Å². The standard InChI is InChI=1S/C13H16N4O2S/c1-2-3-6-15-7-8-16-12-5-4-10(17(18)19)9-11(12)14-13(16)20-15/h4-5,9H,2-3,6-8H2,1H3. The molecule has 2 heterocycles. The number of nitrogens with zero attached hydrogens (tertiary/aromatic N) is 4. The lowest BCUT2D eigenvalue weighted by Gasteiger charge is -2.26. The monoisotopic (exact) mass is 292 g/mol. The Labute approximate surface area is 121 Å². The molecule has 0 atom stereocenters. The van der Waals surface area contributed by atoms with Gasteiger partial charge in [0.05, 0.1) is 16.0 Å². The summed E-state index contributed by atoms with van der Waals surface area (Å²) in [6, 6.07) is 4.90. The highest BCUT2D eigenvalue weighted by Crippen LogP contribution is 2.32. The molecule has 2 aromatic rings. The average molecular weight is 292 g/mol. The van der Waals surface area contributed by atoms with E-state index >= 15 is 0 Å². The Morgan fingerprint density at radius 3 is 3.05 bits per heavy atom. The van der Waals surface area contributed by atoms with Gasteiger partial charge in [-0.3, -0.25) is 10.1 Å². The number of imidazole rings is 1. The molecule has 7 heteroatoms. The van der Waals surface area contributed by atoms with Crippen LogP contribution < -0.4 is 0 Å². The highest BCUT2D eigenvalue weighted by Gasteiger charge is 2.21. The van der Waals surface area contributed by atoms with Crippen molar-refractivity contribution in [2.45, 2.75) is 31.5 Å². The molecule has 0 unspecified atom stereocenters. The fourth-order valence-corrected chi connectivity index (χ4v) is 3.41. The first-order valence-electron chi connectivity index (χ1n) is 6.76. The summed E-state index contributed by atoms with van der Waals surface area (Å²) in [7, 11) is 0. The molecular formula is C13H16N4O2S. The molecule has 0 N–H and O–H groups in total. The van der Waals surface area contributed by atoms with Crippen molar-refractivity contribution in [3.63, 3.8) is 0 Å². The molecule has 0 amide bonds. The van der Waals surface area contributed by atoms with Crippen LogP contribution in [0.3, 0.4) is 0 Å². The second-order valence-electron chi connectivity index (χ2n) is 4.85. The summed E-state index contributed by atoms with van der Waals surface area (Å²) in [5.74, 6) is 0. The van der Waals surface area contributed by atoms with Crippen LogP contribution in [0.5, 0.6) is 0 Å². The second-order valence-corrected chi connectivity index (χ2v) is 5.91. The molecule has 20 heavy (non-hydrogen) atoms. The van der Waals surface area contributed by atoms with Crippen LogP contribution in [0.1, 0.15) is 19.8 Å². The lowest BCUT2D eigenvalue weighted by molar-refractivity contribution is -0.384. The zero-order chi connectivity index (χ0) is 14.1. The van der Waals surface area contributed by atoms with Crippen molar-refractivity contribution in [3.05, 3.63) is 28.3 Å². The first-order chi connectivity index (χ1) is 9.69. The number of hydrogen-bond donors (Lipinski definition) is 0. The Bertz CT molecular complexity index is 655. The molecule has 6 nitrogen and oxygen atoms in total. The van der Waals surface area contributed by atoms with E-state index in [2.05, 4.69) is 20.8 Å². The van der Waals surface area contributed by atoms with E-state index in [1.54, 1.807) is 30.1 Å². The highest BCUT2D eigenvalue weighted by atomic mass is 32.2. The summed E-state index contributed by atoms with van der Waals surface area (Å²) in [6.45, 7) is 5.12. The van der Waals surface area contributed by atoms with E-state index in [1.807, 2.05) is 0 Å². The van der Waals surface area contributed by atoms with E-state index in [0.29, 0.717) is 5.52 Å². The van der Waals surface area contributed by atoms with Gasteiger partial charge in [0.1, 0.15) is 0 Å². The molecular weight excluding hydrogens is 276 g/mol. The Hall–Kier alpha value is -1.60. The lowest BCUT2D eigenvalue weighted by Crippen LogP contribution is -2.27. The smallest absolute Gasteiger partial charge is 0.271 e. The zero-order valence-electron chi connectivity index (χ0n) is 11.3. The molecule has 0 saturated heterocycles. The van der Waals surface area contributed by atoms with Gasteiger partial charge in [0.25, 0.3) is 5.69 Å². The SMILES string of the molecule is CCCCN1CCn2c(nc3cc([N+](=O)[O-])ccc32)S1. The van der Waals surface area contributed by atoms with Crippen LogP contribution in [0.4, 0.5) is 5.69 Å². The van der Waals surface area contributed by atoms with Crippen molar-refractivity contribution in [1.29, 1.82) is 0 Å². The summed E-state index contributed by atoms with van der Waals surface area (Å²) in [5, 5.41) is 11.7. The van der Waals surface area contributed by atoms with Crippen molar-refractivity contribution >= 4 is 28.7 Å². The molecule has 0 radical (unpaired) electrons. The van der Waals surface area contributed by atoms with Crippen molar-refractivity contribution in [3.8, 4) is 0 Å². The summed E-state index contributed by atoms with van der Waals surface area (Å²) >= 11 is 1.65. The van der Waals surface area contributed by atoms with E-state index in [4.69, 9.17) is 0 Å². The third kappa shape index (κ3) is 2.38. The molecule has 0 spiro atoms. The van der Waals surface area contributed by atoms with Gasteiger partial charge in [-0.1, -0.05) is 13.3 Å². The minimum Gasteiger partial charge on any atom is -0.317 e. The number of non-ortho nitro benzene ring substituents is 1. The molecule has 1 aromatic heterocycles. The number of nitro benzene ring substituents is 1. The third-order valence-electron chi connectivity index (χ3n) is 3.45. The summed E-state index contributed by atoms with van der Waals surface area (Å²) in [6.07, 6.45) is 2.36. The number of rotatable bonds is 4. The van der Waals surface area contributed by atoms with E-state index < -0.39 is 0 Å². The molecule has 1 aliphatic heterocycles. The van der Waals surface area contributed by atoms with E-state index in [-0.39, 0.29) is 10.6 Å². The first kappa shape index (κ1) is 13.4. The lowest BCUT2D eigenvalue weighted by atomic mass is 10.3. The van der Waals surface area contributed by atoms with Crippen LogP contribution in [0.25, 0.3) is 11.0 Å². The van der Waals surface area contributed by atoms with Gasteiger partial charge in [-0.15, -0.1) is 0 Å². The van der Waals surface area contributed by atoms with Crippen molar-refractivity contribution in [2.24, 2.45) is 0 Å². The van der Waals surface area contributed by atoms with Crippen LogP contribution in [0.15, 0.2) is 23.4 Å². The van der Waals surface area contributed by atoms with Crippen molar-refractivity contribution in [1.82, 2.24) is 13.9 Å². The molecule has 0 aliphatic carbocycles. The Morgan fingerprint density at radius 2 is 2.30 bits per heavy atom. The maximum absolute atomic E-state index is 10.8. The summed E-state index contributed by atoms with van der Waals surface area (Å²) in [4.78, 5) is 15.0. The van der Waals surface area contributed by atoms with Crippen LogP contribution in [0, 0.1) is 10.1 Å². The molecule has 3 rings (SSSR count). The Morgan fingerprint density at radius 1 is 1.45 bits per heavy atom. The fraction of sp³-hybridized carbons (Fsp3) is 0.462. The van der Waals surface area contributed by atoms with Crippen molar-refractivity contribution < 1.29 is 4.92 Å². The van der Waals surface area contributed by atoms with Gasteiger partial charge in [-0.25, -0.2) is 9.29 Å². The molecule has 0 saturated carbocycles. The van der Waals surface area contributed by atoms with Gasteiger partial charge in [-0.05, 0) is 24.4 Å². The van der Waals surface area contributed by atoms with Gasteiger partial charge in [-0.2, -0.15) is 0 Å². The quantitative estimate of drug-likeness (QED) is 0.492. The minimum atomic E-state index is -0.377. The first-order valence-corrected chi connectivity index (χ1v) is 7.54. The number of nitro groups is 1. The predicted molar refractivity (Wildman–Crippen MR) is 78.7 cm³/mol. The number of hydrogen-bond acceptors (Lipinski definition) is 5. The Kier molecular flexibility index (Phi) is 3.62. The van der Waals surface area contributed by atoms with Gasteiger partial charge >= 0.3 is 0 Å². The maximum atomic E-state index is 10.8. The number of fused-ring (bicyclic) bond motifs is 3. The molecule has 1 aliphatic rings. The van der Waals surface area contributed by atoms with E-state index in [0.717, 1.165) is 30.3 Å². The Balaban J connectivity index is 1.91. The zero-order valence-corrected chi connectivity index (χ0v) is 12.1. The molecule has 0 fully saturated rings. The molecule has 0 bridgehead atoms. The molecule has 106 valence electrons. The van der Waals surface area contributed by atoms with Gasteiger partial charge < -0.3 is 4.57 Å². The minimum absolute atomic E-state index is 0.0980. The largest absolute Gasteiger partial charge is 0.317 e. The highest BCUT2D eigenvalue weighted by molar-refractivity contribution is 7.96. The van der Waals surface area contributed by atoms with Crippen LogP contribution in [-0.2, 0) is 6.54 Å². The van der Waals surface area contributed by atoms with Crippen LogP contribution in [0.2, 0.25) is 0 Å². The van der Waals surface area contributed by atoms with E-state index in [9.17, 15) is 10.1 Å². The topological polar surface area (TPSA) is 64.2 Å². The maximum Gasteiger partial charge on any atom is 0.271 e. The average Bonchev–Trinajstić information content (AvgIpc) is 2.81. The number of benzene rings is 1. The number of aromatic nitrogens is 2. The summed E-state index contributed by atoms with van der Waals surface area (Å²) < 4.78 is 4.46. The summed E-state index contributed by atoms with van der Waals surface area (Å²) in [5.41, 5.74) is 1.79. The van der Waals surface area contributed by atoms with E-state index in [1.165, 1.54) is 12.8 Å². The van der Waals surface area contributed by atoms with Gasteiger partial charge in [0, 0.05) is 31.8 Å². The van der Waals surface area contributed by atoms with Crippen LogP contribution >= 0.6 is 11.9 Å². The van der Waals surface area contributed by atoms with Gasteiger partial charge in [0.2, 0.25) is 0 Å². The molecule has 1 aromatic carbocycles. The second kappa shape index (κ2) is 5.41. The van der Waals surface area contributed by atoms with Crippen molar-refractivity contribution in [2.75, 3.05) is 13.1 Å². The normalized spacial score (nSPS) is 15.4. The number of unbranched alkanes of at least 4 members (excludes halogenated alkanes) is 1. The predicted octanol–water partition coefficient (Wildman–Crippen LogP) is 3.07. The van der Waals surface area contributed by atoms with Gasteiger partial charge in [0.15, 0.2) is 5.16 Å². The fourth-order valence-electron chi connectivity index (χ4n) is 2.36. The third-order valence-corrected chi connectivity index (χ3v) is 4.55.